The van der Waals surface area contributed by atoms with Crippen molar-refractivity contribution < 1.29 is 13.2 Å². The summed E-state index contributed by atoms with van der Waals surface area (Å²) in [5, 5.41) is 0. The number of aromatic nitrogens is 1. The first kappa shape index (κ1) is 22.5. The molecule has 8 heteroatoms. The van der Waals surface area contributed by atoms with Gasteiger partial charge in [-0.1, -0.05) is 18.2 Å². The lowest BCUT2D eigenvalue weighted by molar-refractivity contribution is -0.128. The quantitative estimate of drug-likeness (QED) is 0.542. The third-order valence-electron chi connectivity index (χ3n) is 7.37. The zero-order valence-electron chi connectivity index (χ0n) is 19.0. The predicted molar refractivity (Wildman–Crippen MR) is 131 cm³/mol. The number of nitrogens with zero attached hydrogens (tertiary/aromatic N) is 3. The molecule has 0 bridgehead atoms. The van der Waals surface area contributed by atoms with Crippen LogP contribution in [-0.2, 0) is 21.2 Å². The van der Waals surface area contributed by atoms with E-state index >= 15 is 0 Å². The Morgan fingerprint density at radius 1 is 1.12 bits per heavy atom. The Hall–Kier alpha value is -2.29. The molecule has 2 aliphatic rings. The Morgan fingerprint density at radius 2 is 1.85 bits per heavy atom. The van der Waals surface area contributed by atoms with E-state index in [4.69, 9.17) is 0 Å². The zero-order chi connectivity index (χ0) is 23.2. The minimum Gasteiger partial charge on any atom is -0.338 e. The van der Waals surface area contributed by atoms with Crippen LogP contribution in [0.3, 0.4) is 0 Å². The van der Waals surface area contributed by atoms with Gasteiger partial charge >= 0.3 is 0 Å². The second-order valence-corrected chi connectivity index (χ2v) is 12.5. The Morgan fingerprint density at radius 3 is 2.55 bits per heavy atom. The summed E-state index contributed by atoms with van der Waals surface area (Å²) in [5.41, 5.74) is 5.28. The van der Waals surface area contributed by atoms with Gasteiger partial charge in [0.2, 0.25) is 5.91 Å². The highest BCUT2D eigenvalue weighted by atomic mass is 32.2. The predicted octanol–water partition coefficient (Wildman–Crippen LogP) is 4.28. The molecule has 33 heavy (non-hydrogen) atoms. The lowest BCUT2D eigenvalue weighted by Crippen LogP contribution is -2.42. The fourth-order valence-corrected chi connectivity index (χ4v) is 6.54. The van der Waals surface area contributed by atoms with Gasteiger partial charge in [-0.25, -0.2) is 13.4 Å². The summed E-state index contributed by atoms with van der Waals surface area (Å²) in [5.74, 6) is 0.206. The first-order chi connectivity index (χ1) is 15.7. The van der Waals surface area contributed by atoms with Gasteiger partial charge in [0, 0.05) is 31.8 Å². The molecule has 0 saturated carbocycles. The molecule has 0 N–H and O–H groups in total. The van der Waals surface area contributed by atoms with Gasteiger partial charge in [-0.3, -0.25) is 9.69 Å². The van der Waals surface area contributed by atoms with Gasteiger partial charge in [-0.05, 0) is 73.7 Å². The molecule has 3 heterocycles. The van der Waals surface area contributed by atoms with Crippen molar-refractivity contribution >= 4 is 37.3 Å². The van der Waals surface area contributed by atoms with Crippen molar-refractivity contribution in [3.63, 3.8) is 0 Å². The molecule has 3 aromatic rings. The van der Waals surface area contributed by atoms with E-state index < -0.39 is 9.84 Å². The number of amides is 1. The van der Waals surface area contributed by atoms with Crippen molar-refractivity contribution in [1.82, 2.24) is 14.8 Å². The van der Waals surface area contributed by atoms with Crippen LogP contribution in [0.2, 0.25) is 0 Å². The Bertz CT molecular complexity index is 1280. The van der Waals surface area contributed by atoms with Gasteiger partial charge < -0.3 is 4.90 Å². The third-order valence-corrected chi connectivity index (χ3v) is 9.31. The number of piperidine rings is 1. The number of benzene rings is 2. The summed E-state index contributed by atoms with van der Waals surface area (Å²) in [7, 11) is -3.21. The van der Waals surface area contributed by atoms with Crippen LogP contribution >= 0.6 is 11.3 Å². The molecular weight excluding hydrogens is 454 g/mol. The number of thiazole rings is 1. The number of carbonyl (C=O) groups excluding carboxylic acids is 1. The van der Waals surface area contributed by atoms with E-state index in [0.717, 1.165) is 43.6 Å². The van der Waals surface area contributed by atoms with E-state index in [1.54, 1.807) is 23.5 Å². The highest BCUT2D eigenvalue weighted by Crippen LogP contribution is 2.43. The van der Waals surface area contributed by atoms with Crippen molar-refractivity contribution in [1.29, 1.82) is 0 Å². The highest BCUT2D eigenvalue weighted by Gasteiger charge is 2.45. The molecule has 5 rings (SSSR count). The van der Waals surface area contributed by atoms with Crippen molar-refractivity contribution in [3.8, 4) is 0 Å². The van der Waals surface area contributed by atoms with Crippen LogP contribution in [-0.4, -0.2) is 55.0 Å². The van der Waals surface area contributed by atoms with Crippen LogP contribution in [0.1, 0.15) is 43.4 Å². The number of carbonyl (C=O) groups is 1. The van der Waals surface area contributed by atoms with E-state index in [0.29, 0.717) is 23.9 Å². The Kier molecular flexibility index (Phi) is 5.79. The first-order valence-corrected chi connectivity index (χ1v) is 14.1. The Balaban J connectivity index is 1.21. The standard InChI is InChI=1S/C25H29N3O3S2/c1-18(20-5-8-23-22(13-20)26-17-32-23)27-11-9-25(10-12-27)14-24(29)28(16-25)15-19-3-6-21(7-4-19)33(2,30)31/h3-8,13,17-18H,9-12,14-16H2,1-2H3. The van der Waals surface area contributed by atoms with E-state index in [1.165, 1.54) is 16.5 Å². The molecule has 6 nitrogen and oxygen atoms in total. The molecule has 2 fully saturated rings. The molecule has 1 unspecified atom stereocenters. The smallest absolute Gasteiger partial charge is 0.223 e. The zero-order valence-corrected chi connectivity index (χ0v) is 20.7. The van der Waals surface area contributed by atoms with Crippen LogP contribution in [0.4, 0.5) is 0 Å². The second kappa shape index (κ2) is 8.49. The molecule has 2 aromatic carbocycles. The maximum atomic E-state index is 12.8. The fourth-order valence-electron chi connectivity index (χ4n) is 5.25. The lowest BCUT2D eigenvalue weighted by Gasteiger charge is -2.41. The van der Waals surface area contributed by atoms with Crippen molar-refractivity contribution in [2.75, 3.05) is 25.9 Å². The summed E-state index contributed by atoms with van der Waals surface area (Å²) in [6.45, 7) is 5.56. The van der Waals surface area contributed by atoms with Crippen LogP contribution in [0, 0.1) is 5.41 Å². The van der Waals surface area contributed by atoms with Crippen molar-refractivity contribution in [3.05, 3.63) is 59.1 Å². The lowest BCUT2D eigenvalue weighted by atomic mass is 9.77. The number of hydrogen-bond acceptors (Lipinski definition) is 6. The fraction of sp³-hybridized carbons (Fsp3) is 0.440. The number of fused-ring (bicyclic) bond motifs is 1. The average molecular weight is 484 g/mol. The number of rotatable bonds is 5. The maximum Gasteiger partial charge on any atom is 0.223 e. The van der Waals surface area contributed by atoms with Gasteiger partial charge in [0.1, 0.15) is 0 Å². The summed E-state index contributed by atoms with van der Waals surface area (Å²) in [4.78, 5) is 22.1. The van der Waals surface area contributed by atoms with Gasteiger partial charge in [0.15, 0.2) is 9.84 Å². The maximum absolute atomic E-state index is 12.8. The molecule has 1 atom stereocenters. The van der Waals surface area contributed by atoms with Crippen molar-refractivity contribution in [2.45, 2.75) is 43.7 Å². The Labute approximate surface area is 199 Å². The van der Waals surface area contributed by atoms with Gasteiger partial charge in [0.25, 0.3) is 0 Å². The highest BCUT2D eigenvalue weighted by molar-refractivity contribution is 7.90. The molecule has 1 amide bonds. The molecule has 2 saturated heterocycles. The summed E-state index contributed by atoms with van der Waals surface area (Å²) >= 11 is 1.67. The molecule has 174 valence electrons. The van der Waals surface area contributed by atoms with E-state index in [1.807, 2.05) is 22.5 Å². The molecule has 0 radical (unpaired) electrons. The van der Waals surface area contributed by atoms with Crippen LogP contribution < -0.4 is 0 Å². The van der Waals surface area contributed by atoms with Gasteiger partial charge in [0.05, 0.1) is 20.6 Å². The van der Waals surface area contributed by atoms with Gasteiger partial charge in [-0.2, -0.15) is 0 Å². The number of hydrogen-bond donors (Lipinski definition) is 0. The molecule has 2 aliphatic heterocycles. The second-order valence-electron chi connectivity index (χ2n) is 9.63. The van der Waals surface area contributed by atoms with Crippen LogP contribution in [0.15, 0.2) is 52.9 Å². The summed E-state index contributed by atoms with van der Waals surface area (Å²) in [6, 6.07) is 13.8. The molecule has 1 aromatic heterocycles. The number of sulfone groups is 1. The number of likely N-dealkylation sites (tertiary alicyclic amines) is 2. The summed E-state index contributed by atoms with van der Waals surface area (Å²) in [6.07, 6.45) is 3.86. The average Bonchev–Trinajstić information content (AvgIpc) is 3.37. The molecule has 1 spiro atoms. The molecular formula is C25H29N3O3S2. The van der Waals surface area contributed by atoms with E-state index in [2.05, 4.69) is 35.0 Å². The van der Waals surface area contributed by atoms with Crippen LogP contribution in [0.5, 0.6) is 0 Å². The topological polar surface area (TPSA) is 70.6 Å². The molecule has 0 aliphatic carbocycles. The third kappa shape index (κ3) is 4.56. The van der Waals surface area contributed by atoms with Crippen LogP contribution in [0.25, 0.3) is 10.2 Å². The first-order valence-electron chi connectivity index (χ1n) is 11.4. The van der Waals surface area contributed by atoms with Crippen molar-refractivity contribution in [2.24, 2.45) is 5.41 Å². The minimum absolute atomic E-state index is 0.0544. The van der Waals surface area contributed by atoms with E-state index in [9.17, 15) is 13.2 Å². The SMILES string of the molecule is CC(c1ccc2scnc2c1)N1CCC2(CC1)CC(=O)N(Cc1ccc(S(C)(=O)=O)cc1)C2. The van der Waals surface area contributed by atoms with Gasteiger partial charge in [-0.15, -0.1) is 11.3 Å². The van der Waals surface area contributed by atoms with E-state index in [-0.39, 0.29) is 11.3 Å². The largest absolute Gasteiger partial charge is 0.338 e. The summed E-state index contributed by atoms with van der Waals surface area (Å²) < 4.78 is 24.6. The normalized spacial score (nSPS) is 20.1. The minimum atomic E-state index is -3.21. The monoisotopic (exact) mass is 483 g/mol.